The van der Waals surface area contributed by atoms with Gasteiger partial charge in [-0.25, -0.2) is 4.39 Å². The Labute approximate surface area is 130 Å². The number of rotatable bonds is 4. The first-order chi connectivity index (χ1) is 10.7. The summed E-state index contributed by atoms with van der Waals surface area (Å²) in [5.74, 6) is 1.30. The predicted octanol–water partition coefficient (Wildman–Crippen LogP) is 3.27. The van der Waals surface area contributed by atoms with E-state index >= 15 is 0 Å². The molecule has 2 aromatic rings. The van der Waals surface area contributed by atoms with Crippen molar-refractivity contribution >= 4 is 0 Å². The van der Waals surface area contributed by atoms with Crippen LogP contribution in [-0.2, 0) is 12.8 Å². The van der Waals surface area contributed by atoms with Crippen LogP contribution >= 0.6 is 0 Å². The highest BCUT2D eigenvalue weighted by Gasteiger charge is 2.20. The van der Waals surface area contributed by atoms with Gasteiger partial charge in [0.25, 0.3) is 0 Å². The van der Waals surface area contributed by atoms with E-state index in [-0.39, 0.29) is 11.9 Å². The Morgan fingerprint density at radius 3 is 2.68 bits per heavy atom. The van der Waals surface area contributed by atoms with Gasteiger partial charge in [-0.2, -0.15) is 0 Å². The summed E-state index contributed by atoms with van der Waals surface area (Å²) in [5.41, 5.74) is 3.44. The molecule has 22 heavy (non-hydrogen) atoms. The van der Waals surface area contributed by atoms with Gasteiger partial charge in [-0.1, -0.05) is 12.1 Å². The van der Waals surface area contributed by atoms with E-state index < -0.39 is 0 Å². The molecule has 116 valence electrons. The standard InChI is InChI=1S/C18H20FNO2/c1-21-17-6-3-12(10-18(17)22-2)9-16-15-5-4-14(19)11-13(15)7-8-20-16/h3-6,10-11,16,20H,7-9H2,1-2H3/t16-/m1/s1. The molecular formula is C18H20FNO2. The fraction of sp³-hybridized carbons (Fsp3) is 0.333. The van der Waals surface area contributed by atoms with Crippen LogP contribution in [0.3, 0.4) is 0 Å². The maximum Gasteiger partial charge on any atom is 0.160 e. The lowest BCUT2D eigenvalue weighted by molar-refractivity contribution is 0.354. The molecule has 0 saturated heterocycles. The third-order valence-electron chi connectivity index (χ3n) is 4.15. The van der Waals surface area contributed by atoms with E-state index in [1.165, 1.54) is 11.6 Å². The van der Waals surface area contributed by atoms with E-state index in [0.717, 1.165) is 42.0 Å². The zero-order chi connectivity index (χ0) is 15.5. The molecule has 0 spiro atoms. The average molecular weight is 301 g/mol. The van der Waals surface area contributed by atoms with Crippen LogP contribution in [0.4, 0.5) is 4.39 Å². The maximum absolute atomic E-state index is 13.4. The summed E-state index contributed by atoms with van der Waals surface area (Å²) in [4.78, 5) is 0. The van der Waals surface area contributed by atoms with Gasteiger partial charge in [0, 0.05) is 6.04 Å². The zero-order valence-corrected chi connectivity index (χ0v) is 12.9. The first-order valence-corrected chi connectivity index (χ1v) is 7.44. The van der Waals surface area contributed by atoms with Crippen LogP contribution in [0, 0.1) is 5.82 Å². The lowest BCUT2D eigenvalue weighted by Crippen LogP contribution is -2.31. The highest BCUT2D eigenvalue weighted by molar-refractivity contribution is 5.44. The van der Waals surface area contributed by atoms with Gasteiger partial charge >= 0.3 is 0 Å². The molecule has 1 aliphatic rings. The smallest absolute Gasteiger partial charge is 0.160 e. The number of hydrogen-bond donors (Lipinski definition) is 1. The van der Waals surface area contributed by atoms with Crippen LogP contribution in [0.5, 0.6) is 11.5 Å². The molecule has 1 N–H and O–H groups in total. The van der Waals surface area contributed by atoms with Crippen molar-refractivity contribution < 1.29 is 13.9 Å². The van der Waals surface area contributed by atoms with Gasteiger partial charge in [-0.15, -0.1) is 0 Å². The monoisotopic (exact) mass is 301 g/mol. The molecule has 1 atom stereocenters. The minimum Gasteiger partial charge on any atom is -0.493 e. The average Bonchev–Trinajstić information content (AvgIpc) is 2.54. The molecule has 0 bridgehead atoms. The van der Waals surface area contributed by atoms with Crippen molar-refractivity contribution in [1.29, 1.82) is 0 Å². The molecule has 1 aliphatic heterocycles. The second-order valence-electron chi connectivity index (χ2n) is 5.49. The molecule has 2 aromatic carbocycles. The van der Waals surface area contributed by atoms with Crippen molar-refractivity contribution in [2.24, 2.45) is 0 Å². The van der Waals surface area contributed by atoms with Crippen LogP contribution in [0.15, 0.2) is 36.4 Å². The SMILES string of the molecule is COc1ccc(C[C@H]2NCCc3cc(F)ccc32)cc1OC. The summed E-state index contributed by atoms with van der Waals surface area (Å²) in [6, 6.07) is 11.2. The largest absolute Gasteiger partial charge is 0.493 e. The van der Waals surface area contributed by atoms with Crippen LogP contribution in [0.2, 0.25) is 0 Å². The van der Waals surface area contributed by atoms with Gasteiger partial charge in [0.2, 0.25) is 0 Å². The van der Waals surface area contributed by atoms with Crippen molar-refractivity contribution in [3.8, 4) is 11.5 Å². The van der Waals surface area contributed by atoms with E-state index in [1.807, 2.05) is 24.3 Å². The normalized spacial score (nSPS) is 17.0. The van der Waals surface area contributed by atoms with Crippen LogP contribution < -0.4 is 14.8 Å². The summed E-state index contributed by atoms with van der Waals surface area (Å²) >= 11 is 0. The fourth-order valence-electron chi connectivity index (χ4n) is 3.05. The predicted molar refractivity (Wildman–Crippen MR) is 84.1 cm³/mol. The molecule has 0 saturated carbocycles. The first kappa shape index (κ1) is 14.9. The molecular weight excluding hydrogens is 281 g/mol. The van der Waals surface area contributed by atoms with E-state index in [0.29, 0.717) is 0 Å². The Balaban J connectivity index is 1.85. The Bertz CT molecular complexity index is 672. The second kappa shape index (κ2) is 6.36. The van der Waals surface area contributed by atoms with E-state index in [2.05, 4.69) is 5.32 Å². The molecule has 0 amide bonds. The number of halogens is 1. The van der Waals surface area contributed by atoms with Gasteiger partial charge in [-0.05, 0) is 60.3 Å². The van der Waals surface area contributed by atoms with E-state index in [1.54, 1.807) is 20.3 Å². The number of nitrogens with one attached hydrogen (secondary N) is 1. The third-order valence-corrected chi connectivity index (χ3v) is 4.15. The number of hydrogen-bond acceptors (Lipinski definition) is 3. The quantitative estimate of drug-likeness (QED) is 0.940. The Kier molecular flexibility index (Phi) is 4.29. The number of ether oxygens (including phenoxy) is 2. The summed E-state index contributed by atoms with van der Waals surface area (Å²) in [7, 11) is 3.27. The minimum atomic E-state index is -0.162. The molecule has 3 nitrogen and oxygen atoms in total. The molecule has 4 heteroatoms. The molecule has 0 fully saturated rings. The van der Waals surface area contributed by atoms with E-state index in [9.17, 15) is 4.39 Å². The van der Waals surface area contributed by atoms with Crippen molar-refractivity contribution in [3.63, 3.8) is 0 Å². The van der Waals surface area contributed by atoms with Gasteiger partial charge in [-0.3, -0.25) is 0 Å². The molecule has 0 unspecified atom stereocenters. The summed E-state index contributed by atoms with van der Waals surface area (Å²) in [5, 5.41) is 3.51. The topological polar surface area (TPSA) is 30.5 Å². The first-order valence-electron chi connectivity index (χ1n) is 7.44. The number of methoxy groups -OCH3 is 2. The number of benzene rings is 2. The van der Waals surface area contributed by atoms with Gasteiger partial charge < -0.3 is 14.8 Å². The molecule has 0 aliphatic carbocycles. The van der Waals surface area contributed by atoms with Crippen molar-refractivity contribution in [2.75, 3.05) is 20.8 Å². The van der Waals surface area contributed by atoms with Crippen LogP contribution in [0.1, 0.15) is 22.7 Å². The Morgan fingerprint density at radius 1 is 1.09 bits per heavy atom. The lowest BCUT2D eigenvalue weighted by atomic mass is 9.90. The summed E-state index contributed by atoms with van der Waals surface area (Å²) in [6.45, 7) is 0.869. The molecule has 1 heterocycles. The van der Waals surface area contributed by atoms with Gasteiger partial charge in [0.1, 0.15) is 5.82 Å². The fourth-order valence-corrected chi connectivity index (χ4v) is 3.05. The molecule has 0 aromatic heterocycles. The number of fused-ring (bicyclic) bond motifs is 1. The zero-order valence-electron chi connectivity index (χ0n) is 12.9. The van der Waals surface area contributed by atoms with Crippen LogP contribution in [-0.4, -0.2) is 20.8 Å². The Morgan fingerprint density at radius 2 is 1.91 bits per heavy atom. The third kappa shape index (κ3) is 2.92. The van der Waals surface area contributed by atoms with Crippen LogP contribution in [0.25, 0.3) is 0 Å². The maximum atomic E-state index is 13.4. The summed E-state index contributed by atoms with van der Waals surface area (Å²) in [6.07, 6.45) is 1.70. The lowest BCUT2D eigenvalue weighted by Gasteiger charge is -2.27. The van der Waals surface area contributed by atoms with Crippen molar-refractivity contribution in [1.82, 2.24) is 5.32 Å². The van der Waals surface area contributed by atoms with Crippen molar-refractivity contribution in [2.45, 2.75) is 18.9 Å². The van der Waals surface area contributed by atoms with E-state index in [4.69, 9.17) is 9.47 Å². The van der Waals surface area contributed by atoms with Crippen molar-refractivity contribution in [3.05, 3.63) is 58.9 Å². The molecule has 0 radical (unpaired) electrons. The molecule has 3 rings (SSSR count). The Hall–Kier alpha value is -2.07. The highest BCUT2D eigenvalue weighted by Crippen LogP contribution is 2.31. The highest BCUT2D eigenvalue weighted by atomic mass is 19.1. The second-order valence-corrected chi connectivity index (χ2v) is 5.49. The minimum absolute atomic E-state index is 0.162. The van der Waals surface area contributed by atoms with Gasteiger partial charge in [0.15, 0.2) is 11.5 Å². The van der Waals surface area contributed by atoms with Gasteiger partial charge in [0.05, 0.1) is 14.2 Å². The summed E-state index contributed by atoms with van der Waals surface area (Å²) < 4.78 is 24.0.